The van der Waals surface area contributed by atoms with Gasteiger partial charge in [0.05, 0.1) is 28.8 Å². The number of rotatable bonds is 4. The first-order valence-corrected chi connectivity index (χ1v) is 7.91. The fraction of sp³-hybridized carbons (Fsp3) is 0.167. The van der Waals surface area contributed by atoms with Gasteiger partial charge < -0.3 is 4.74 Å². The molecule has 1 heterocycles. The molecule has 0 bridgehead atoms. The van der Waals surface area contributed by atoms with Crippen molar-refractivity contribution in [2.45, 2.75) is 11.8 Å². The summed E-state index contributed by atoms with van der Waals surface area (Å²) in [6.07, 6.45) is 0. The smallest absolute Gasteiger partial charge is 0.337 e. The molecule has 0 aliphatic carbocycles. The molecule has 0 saturated heterocycles. The number of benzene rings is 1. The molecule has 0 fully saturated rings. The number of nitrogens with one attached hydrogen (secondary N) is 1. The molecule has 1 aromatic carbocycles. The molecule has 0 aliphatic rings. The Morgan fingerprint density at radius 1 is 1.30 bits per heavy atom. The predicted octanol–water partition coefficient (Wildman–Crippen LogP) is 2.04. The number of anilines is 1. The van der Waals surface area contributed by atoms with Gasteiger partial charge in [0, 0.05) is 0 Å². The average molecular weight is 312 g/mol. The highest BCUT2D eigenvalue weighted by atomic mass is 32.2. The first kappa shape index (κ1) is 14.5. The number of aromatic nitrogens is 1. The third-order valence-electron chi connectivity index (χ3n) is 2.56. The lowest BCUT2D eigenvalue weighted by Gasteiger charge is -2.07. The molecule has 0 spiro atoms. The molecule has 0 saturated carbocycles. The molecule has 8 heteroatoms. The summed E-state index contributed by atoms with van der Waals surface area (Å²) in [6.45, 7) is 1.72. The fourth-order valence-corrected chi connectivity index (χ4v) is 3.53. The topological polar surface area (TPSA) is 85.4 Å². The van der Waals surface area contributed by atoms with Crippen molar-refractivity contribution in [3.63, 3.8) is 0 Å². The summed E-state index contributed by atoms with van der Waals surface area (Å²) < 4.78 is 31.3. The highest BCUT2D eigenvalue weighted by molar-refractivity contribution is 7.93. The van der Waals surface area contributed by atoms with E-state index in [-0.39, 0.29) is 4.90 Å². The Bertz CT molecular complexity index is 720. The van der Waals surface area contributed by atoms with Crippen LogP contribution in [0.2, 0.25) is 0 Å². The van der Waals surface area contributed by atoms with Crippen LogP contribution in [0.25, 0.3) is 0 Å². The first-order chi connectivity index (χ1) is 9.44. The number of sulfonamides is 1. The van der Waals surface area contributed by atoms with Gasteiger partial charge in [-0.15, -0.1) is 11.3 Å². The zero-order valence-corrected chi connectivity index (χ0v) is 12.4. The summed E-state index contributed by atoms with van der Waals surface area (Å²) in [6, 6.07) is 5.51. The number of esters is 1. The molecule has 106 valence electrons. The molecule has 1 aromatic heterocycles. The van der Waals surface area contributed by atoms with Gasteiger partial charge in [-0.2, -0.15) is 0 Å². The standard InChI is InChI=1S/C12H12N2O4S2/c1-8-11(19-7-13-8)14-20(16,17)10-5-3-9(4-6-10)12(15)18-2/h3-7,14H,1-2H3. The largest absolute Gasteiger partial charge is 0.465 e. The van der Waals surface area contributed by atoms with Gasteiger partial charge in [-0.1, -0.05) is 0 Å². The van der Waals surface area contributed by atoms with Crippen LogP contribution in [0.4, 0.5) is 5.00 Å². The van der Waals surface area contributed by atoms with Crippen LogP contribution >= 0.6 is 11.3 Å². The second kappa shape index (κ2) is 5.59. The number of aryl methyl sites for hydroxylation is 1. The molecule has 0 atom stereocenters. The molecule has 2 aromatic rings. The first-order valence-electron chi connectivity index (χ1n) is 5.55. The number of ether oxygens (including phenoxy) is 1. The second-order valence-corrected chi connectivity index (χ2v) is 6.43. The minimum absolute atomic E-state index is 0.0675. The van der Waals surface area contributed by atoms with E-state index < -0.39 is 16.0 Å². The number of hydrogen-bond donors (Lipinski definition) is 1. The van der Waals surface area contributed by atoms with E-state index in [1.807, 2.05) is 0 Å². The summed E-state index contributed by atoms with van der Waals surface area (Å²) in [5, 5.41) is 0.474. The summed E-state index contributed by atoms with van der Waals surface area (Å²) in [4.78, 5) is 15.3. The van der Waals surface area contributed by atoms with Crippen molar-refractivity contribution in [1.29, 1.82) is 0 Å². The zero-order valence-electron chi connectivity index (χ0n) is 10.8. The van der Waals surface area contributed by atoms with E-state index in [1.54, 1.807) is 12.4 Å². The SMILES string of the molecule is COC(=O)c1ccc(S(=O)(=O)Nc2scnc2C)cc1. The number of carbonyl (C=O) groups excluding carboxylic acids is 1. The van der Waals surface area contributed by atoms with E-state index in [2.05, 4.69) is 14.4 Å². The monoisotopic (exact) mass is 312 g/mol. The van der Waals surface area contributed by atoms with Gasteiger partial charge in [0.15, 0.2) is 0 Å². The zero-order chi connectivity index (χ0) is 14.8. The van der Waals surface area contributed by atoms with E-state index in [4.69, 9.17) is 0 Å². The van der Waals surface area contributed by atoms with Gasteiger partial charge in [-0.25, -0.2) is 18.2 Å². The van der Waals surface area contributed by atoms with E-state index in [1.165, 1.54) is 42.7 Å². The van der Waals surface area contributed by atoms with Gasteiger partial charge in [0.25, 0.3) is 10.0 Å². The highest BCUT2D eigenvalue weighted by Gasteiger charge is 2.17. The Labute approximate surface area is 120 Å². The summed E-state index contributed by atoms with van der Waals surface area (Å²) in [5.41, 5.74) is 2.47. The third-order valence-corrected chi connectivity index (χ3v) is 4.90. The van der Waals surface area contributed by atoms with Crippen LogP contribution in [0, 0.1) is 6.92 Å². The van der Waals surface area contributed by atoms with Crippen molar-refractivity contribution in [3.05, 3.63) is 41.0 Å². The van der Waals surface area contributed by atoms with E-state index in [0.717, 1.165) is 0 Å². The van der Waals surface area contributed by atoms with Crippen LogP contribution in [0.3, 0.4) is 0 Å². The highest BCUT2D eigenvalue weighted by Crippen LogP contribution is 2.23. The Morgan fingerprint density at radius 3 is 2.45 bits per heavy atom. The summed E-state index contributed by atoms with van der Waals surface area (Å²) in [7, 11) is -2.42. The maximum Gasteiger partial charge on any atom is 0.337 e. The minimum Gasteiger partial charge on any atom is -0.465 e. The summed E-state index contributed by atoms with van der Waals surface area (Å²) in [5.74, 6) is -0.514. The lowest BCUT2D eigenvalue weighted by Crippen LogP contribution is -2.13. The molecular weight excluding hydrogens is 300 g/mol. The molecule has 6 nitrogen and oxygen atoms in total. The van der Waals surface area contributed by atoms with Crippen molar-refractivity contribution in [3.8, 4) is 0 Å². The molecule has 1 N–H and O–H groups in total. The molecule has 20 heavy (non-hydrogen) atoms. The minimum atomic E-state index is -3.69. The van der Waals surface area contributed by atoms with E-state index in [0.29, 0.717) is 16.3 Å². The van der Waals surface area contributed by atoms with Crippen LogP contribution in [-0.4, -0.2) is 26.5 Å². The van der Waals surface area contributed by atoms with Crippen molar-refractivity contribution < 1.29 is 17.9 Å². The van der Waals surface area contributed by atoms with E-state index >= 15 is 0 Å². The maximum atomic E-state index is 12.2. The van der Waals surface area contributed by atoms with Crippen molar-refractivity contribution >= 4 is 32.3 Å². The number of nitrogens with zero attached hydrogens (tertiary/aromatic N) is 1. The predicted molar refractivity (Wildman–Crippen MR) is 75.4 cm³/mol. The van der Waals surface area contributed by atoms with Crippen molar-refractivity contribution in [2.75, 3.05) is 11.8 Å². The molecule has 2 rings (SSSR count). The van der Waals surface area contributed by atoms with Crippen molar-refractivity contribution in [2.24, 2.45) is 0 Å². The molecule has 0 unspecified atom stereocenters. The van der Waals surface area contributed by atoms with Gasteiger partial charge in [0.1, 0.15) is 5.00 Å². The lowest BCUT2D eigenvalue weighted by molar-refractivity contribution is 0.0600. The van der Waals surface area contributed by atoms with Crippen molar-refractivity contribution in [1.82, 2.24) is 4.98 Å². The van der Waals surface area contributed by atoms with Crippen LogP contribution in [0.15, 0.2) is 34.7 Å². The second-order valence-electron chi connectivity index (χ2n) is 3.89. The number of carbonyl (C=O) groups is 1. The maximum absolute atomic E-state index is 12.2. The summed E-state index contributed by atoms with van der Waals surface area (Å²) >= 11 is 1.21. The van der Waals surface area contributed by atoms with Crippen LogP contribution in [0.5, 0.6) is 0 Å². The fourth-order valence-electron chi connectivity index (χ4n) is 1.47. The molecular formula is C12H12N2O4S2. The molecule has 0 amide bonds. The Morgan fingerprint density at radius 2 is 1.95 bits per heavy atom. The van der Waals surface area contributed by atoms with Crippen LogP contribution in [0.1, 0.15) is 16.1 Å². The molecule has 0 radical (unpaired) electrons. The van der Waals surface area contributed by atoms with Gasteiger partial charge in [-0.3, -0.25) is 4.72 Å². The Hall–Kier alpha value is -1.93. The molecule has 0 aliphatic heterocycles. The van der Waals surface area contributed by atoms with Gasteiger partial charge >= 0.3 is 5.97 Å². The number of methoxy groups -OCH3 is 1. The van der Waals surface area contributed by atoms with Gasteiger partial charge in [0.2, 0.25) is 0 Å². The Kier molecular flexibility index (Phi) is 4.05. The third kappa shape index (κ3) is 2.97. The average Bonchev–Trinajstić information content (AvgIpc) is 2.83. The lowest BCUT2D eigenvalue weighted by atomic mass is 10.2. The van der Waals surface area contributed by atoms with Crippen LogP contribution in [-0.2, 0) is 14.8 Å². The normalized spacial score (nSPS) is 11.1. The van der Waals surface area contributed by atoms with Gasteiger partial charge in [-0.05, 0) is 31.2 Å². The van der Waals surface area contributed by atoms with E-state index in [9.17, 15) is 13.2 Å². The van der Waals surface area contributed by atoms with Crippen LogP contribution < -0.4 is 4.72 Å². The number of thiazole rings is 1. The number of hydrogen-bond acceptors (Lipinski definition) is 6. The quantitative estimate of drug-likeness (QED) is 0.873. The Balaban J connectivity index is 2.26.